The third-order valence-corrected chi connectivity index (χ3v) is 30.5. The van der Waals surface area contributed by atoms with Gasteiger partial charge in [-0.1, -0.05) is 111 Å². The van der Waals surface area contributed by atoms with Gasteiger partial charge in [-0.2, -0.15) is 0 Å². The zero-order chi connectivity index (χ0) is 94.5. The van der Waals surface area contributed by atoms with Crippen molar-refractivity contribution in [2.75, 3.05) is 113 Å². The van der Waals surface area contributed by atoms with Gasteiger partial charge in [0, 0.05) is 140 Å². The maximum Gasteiger partial charge on any atom is 0.256 e. The third-order valence-electron chi connectivity index (χ3n) is 30.5. The summed E-state index contributed by atoms with van der Waals surface area (Å²) in [5.41, 5.74) is 13.8. The smallest absolute Gasteiger partial charge is 0.256 e. The van der Waals surface area contributed by atoms with Crippen LogP contribution in [-0.4, -0.2) is 185 Å². The number of hydrogen-bond acceptors (Lipinski definition) is 14. The maximum absolute atomic E-state index is 12.3. The molecular weight excluding hydrogens is 1680 g/mol. The molecule has 21 nitrogen and oxygen atoms in total. The lowest BCUT2D eigenvalue weighted by Crippen LogP contribution is -2.48. The van der Waals surface area contributed by atoms with Crippen LogP contribution in [0.1, 0.15) is 183 Å². The number of benzene rings is 7. The van der Waals surface area contributed by atoms with E-state index >= 15 is 0 Å². The van der Waals surface area contributed by atoms with Crippen LogP contribution < -0.4 is 49.5 Å². The lowest BCUT2D eigenvalue weighted by molar-refractivity contribution is 0.0508. The van der Waals surface area contributed by atoms with Crippen LogP contribution in [0.15, 0.2) is 216 Å². The summed E-state index contributed by atoms with van der Waals surface area (Å²) in [5.74, 6) is 5.39. The molecule has 5 atom stereocenters. The molecule has 5 unspecified atom stereocenters. The predicted octanol–water partition coefficient (Wildman–Crippen LogP) is 17.9. The molecule has 135 heavy (non-hydrogen) atoms. The Morgan fingerprint density at radius 1 is 0.311 bits per heavy atom. The number of aryl methyl sites for hydroxylation is 6. The number of rotatable bonds is 14. The predicted molar refractivity (Wildman–Crippen MR) is 558 cm³/mol. The number of hydrogen-bond donors (Lipinski definition) is 9. The molecule has 12 saturated heterocycles. The molecule has 14 aromatic rings. The minimum Gasteiger partial charge on any atom is -0.326 e. The Balaban J connectivity index is 0.000000114. The molecule has 12 fully saturated rings. The second-order valence-corrected chi connectivity index (χ2v) is 40.3. The maximum atomic E-state index is 12.3. The number of likely N-dealkylation sites (N-methyl/N-ethyl adjacent to an activating group) is 1. The number of piperidine rings is 11. The Bertz CT molecular complexity index is 6900. The lowest BCUT2D eigenvalue weighted by atomic mass is 9.77. The van der Waals surface area contributed by atoms with Crippen molar-refractivity contribution >= 4 is 75.4 Å². The summed E-state index contributed by atoms with van der Waals surface area (Å²) in [4.78, 5) is 118. The second kappa shape index (κ2) is 44.7. The molecule has 19 heterocycles. The summed E-state index contributed by atoms with van der Waals surface area (Å²) < 4.78 is 0. The highest BCUT2D eigenvalue weighted by Crippen LogP contribution is 2.41. The van der Waals surface area contributed by atoms with E-state index in [1.165, 1.54) is 120 Å². The molecule has 7 aromatic carbocycles. The van der Waals surface area contributed by atoms with Gasteiger partial charge in [0.15, 0.2) is 0 Å². The van der Waals surface area contributed by atoms with E-state index in [1.54, 1.807) is 0 Å². The molecule has 7 aromatic heterocycles. The van der Waals surface area contributed by atoms with Crippen LogP contribution in [0.5, 0.6) is 0 Å². The third kappa shape index (κ3) is 23.7. The van der Waals surface area contributed by atoms with Crippen molar-refractivity contribution in [3.63, 3.8) is 0 Å². The molecule has 710 valence electrons. The minimum absolute atomic E-state index is 0.0138. The second-order valence-electron chi connectivity index (χ2n) is 40.3. The average Bonchev–Trinajstić information content (AvgIpc) is 1.54. The summed E-state index contributed by atoms with van der Waals surface area (Å²) in [7, 11) is 8.19. The first-order valence-electron chi connectivity index (χ1n) is 50.2. The first-order valence-corrected chi connectivity index (χ1v) is 50.2. The van der Waals surface area contributed by atoms with Gasteiger partial charge in [0.25, 0.3) is 38.9 Å². The van der Waals surface area contributed by atoms with Crippen molar-refractivity contribution in [3.8, 4) is 0 Å². The average molecular weight is 1820 g/mol. The normalized spacial score (nSPS) is 22.4. The number of aromatic nitrogens is 7. The van der Waals surface area contributed by atoms with E-state index in [2.05, 4.69) is 166 Å². The molecule has 0 amide bonds. The van der Waals surface area contributed by atoms with E-state index < -0.39 is 0 Å². The van der Waals surface area contributed by atoms with Gasteiger partial charge in [0.05, 0.1) is 0 Å². The van der Waals surface area contributed by atoms with Gasteiger partial charge in [0.2, 0.25) is 0 Å². The zero-order valence-electron chi connectivity index (χ0n) is 81.4. The fourth-order valence-electron chi connectivity index (χ4n) is 22.9. The summed E-state index contributed by atoms with van der Waals surface area (Å²) in [5, 5.41) is 20.2. The molecule has 12 aliphatic heterocycles. The number of nitrogens with zero attached hydrogens (tertiary/aromatic N) is 5. The minimum atomic E-state index is 0.0138. The van der Waals surface area contributed by atoms with Crippen molar-refractivity contribution in [1.82, 2.24) is 70.0 Å². The number of fused-ring (bicyclic) bond motifs is 18. The largest absolute Gasteiger partial charge is 0.326 e. The van der Waals surface area contributed by atoms with Gasteiger partial charge in [-0.25, -0.2) is 0 Å². The SMILES string of the molecule is CC.Cc1cccc2c(=O)[nH]c(C3CCNCC3)cc12.Cc1cccc2c(=O)[nH]c(C3CN4CCC3CC4)cc12.Cc1cccc2c(=O)[nH]c(CC3CN4CCC3CC4)cc12.Cc1cccc2c(=O)[nH]c(CCCN(C)C)cc12.Cc1cccc2c(=O)[nH]c(CCN(C)C)cc12.O=c1[nH]c(C2CC3CCC(C2)N3)cc2ccccc12.O=c1[nH]c(CC2CN3CCC2CC3)cc2ccccc12. The van der Waals surface area contributed by atoms with E-state index in [0.717, 1.165) is 235 Å². The number of H-pyrrole nitrogens is 7. The highest BCUT2D eigenvalue weighted by Gasteiger charge is 2.39. The van der Waals surface area contributed by atoms with E-state index in [1.807, 2.05) is 163 Å². The fourth-order valence-corrected chi connectivity index (χ4v) is 22.9. The van der Waals surface area contributed by atoms with Crippen LogP contribution in [0.3, 0.4) is 0 Å². The molecule has 9 N–H and O–H groups in total. The summed E-state index contributed by atoms with van der Waals surface area (Å²) in [6.45, 7) is 29.5. The van der Waals surface area contributed by atoms with E-state index in [-0.39, 0.29) is 38.9 Å². The Kier molecular flexibility index (Phi) is 32.1. The molecule has 0 spiro atoms. The van der Waals surface area contributed by atoms with Crippen LogP contribution in [0, 0.1) is 64.2 Å². The fraction of sp³-hybridized carbons (Fsp3) is 0.447. The van der Waals surface area contributed by atoms with Crippen LogP contribution in [0.2, 0.25) is 0 Å². The lowest BCUT2D eigenvalue weighted by Gasteiger charge is -2.44. The highest BCUT2D eigenvalue weighted by atomic mass is 16.1. The molecule has 26 rings (SSSR count). The Hall–Kier alpha value is -11.3. The number of pyridine rings is 7. The van der Waals surface area contributed by atoms with Gasteiger partial charge in [-0.15, -0.1) is 0 Å². The Morgan fingerprint density at radius 3 is 1.07 bits per heavy atom. The van der Waals surface area contributed by atoms with Gasteiger partial charge < -0.3 is 70.0 Å². The van der Waals surface area contributed by atoms with Crippen molar-refractivity contribution in [3.05, 3.63) is 322 Å². The first kappa shape index (κ1) is 96.8. The molecular formula is C114H142N14O7. The quantitative estimate of drug-likeness (QED) is 0.0490. The zero-order valence-corrected chi connectivity index (χ0v) is 81.4. The van der Waals surface area contributed by atoms with E-state index in [9.17, 15) is 33.6 Å². The van der Waals surface area contributed by atoms with Gasteiger partial charge in [-0.05, 0) is 404 Å². The molecule has 0 aliphatic carbocycles. The Labute approximate surface area is 793 Å². The molecule has 0 saturated carbocycles. The summed E-state index contributed by atoms with van der Waals surface area (Å²) >= 11 is 0. The Morgan fingerprint density at radius 2 is 0.652 bits per heavy atom. The van der Waals surface area contributed by atoms with Gasteiger partial charge in [0.1, 0.15) is 0 Å². The highest BCUT2D eigenvalue weighted by molar-refractivity contribution is 5.89. The van der Waals surface area contributed by atoms with Crippen molar-refractivity contribution in [2.24, 2.45) is 29.6 Å². The summed E-state index contributed by atoms with van der Waals surface area (Å²) in [6, 6.07) is 61.6. The number of aromatic amines is 7. The molecule has 8 bridgehead atoms. The molecule has 12 aliphatic rings. The topological polar surface area (TPSA) is 270 Å². The monoisotopic (exact) mass is 1820 g/mol. The van der Waals surface area contributed by atoms with Crippen LogP contribution >= 0.6 is 0 Å². The van der Waals surface area contributed by atoms with Crippen LogP contribution in [0.4, 0.5) is 0 Å². The summed E-state index contributed by atoms with van der Waals surface area (Å²) in [6.07, 6.45) is 19.9. The van der Waals surface area contributed by atoms with Gasteiger partial charge in [-0.3, -0.25) is 33.6 Å². The standard InChI is InChI=1S/C18H22N2O.2C17H20N2O.C16H18N2O.C15H18N2O.C15H20N2O.C14H18N2O.C2H6/c1-12-3-2-4-16-17(12)10-15(19-18(16)21)9-14-11-20-7-5-13(14)6-8-20;1-11-3-2-4-13-14(11)9-16(18-17(13)20)15-10-19-7-5-12(15)6-8-19;20-17-16-4-2-1-3-13(16)9-15(18-17)10-14-11-19-7-5-12(14)6-8-19;19-16-14-4-2-1-3-10(14)9-15(18-16)11-7-12-5-6-13(8-11)17-12;1-10-3-2-4-12-13(10)9-14(17-15(12)18)11-5-7-16-8-6-11;1-11-6-4-8-13-14(11)10-12(16-15(13)18)7-5-9-17(2)3;1-10-5-4-6-12-13(10)9-11(15-14(12)17)7-8-16(2)3;1-2/h2-4,10,13-14H,5-9,11H2,1H3,(H,19,21);2-4,9,12,15H,5-8,10H2,1H3,(H,18,20);1-4,9,12,14H,5-8,10-11H2,(H,18,20);1-4,9,11-13,17H,5-8H2,(H,18,19);2-4,9,11,16H,5-8H2,1H3,(H,17,18);4,6,8,10H,5,7,9H2,1-3H3,(H,16,18);4-6,9H,7-8H2,1-3H3,(H,15,17);1-2H3. The van der Waals surface area contributed by atoms with E-state index in [4.69, 9.17) is 0 Å². The van der Waals surface area contributed by atoms with Crippen molar-refractivity contribution in [2.45, 2.75) is 187 Å². The van der Waals surface area contributed by atoms with E-state index in [0.29, 0.717) is 41.7 Å². The van der Waals surface area contributed by atoms with Crippen molar-refractivity contribution < 1.29 is 0 Å². The molecule has 0 radical (unpaired) electrons. The molecule has 21 heteroatoms. The van der Waals surface area contributed by atoms with Crippen LogP contribution in [0.25, 0.3) is 75.4 Å². The number of nitrogens with one attached hydrogen (secondary N) is 9. The van der Waals surface area contributed by atoms with Gasteiger partial charge >= 0.3 is 0 Å². The van der Waals surface area contributed by atoms with Crippen LogP contribution in [-0.2, 0) is 25.7 Å². The first-order chi connectivity index (χ1) is 65.4. The van der Waals surface area contributed by atoms with Crippen molar-refractivity contribution in [1.29, 1.82) is 0 Å².